The summed E-state index contributed by atoms with van der Waals surface area (Å²) in [4.78, 5) is 16.5. The maximum absolute atomic E-state index is 11.6. The van der Waals surface area contributed by atoms with Crippen LogP contribution in [0.1, 0.15) is 21.5 Å². The van der Waals surface area contributed by atoms with Crippen LogP contribution in [0.4, 0.5) is 0 Å². The molecule has 0 radical (unpaired) electrons. The van der Waals surface area contributed by atoms with Gasteiger partial charge in [0.2, 0.25) is 0 Å². The molecule has 4 aromatic rings. The highest BCUT2D eigenvalue weighted by molar-refractivity contribution is 7.98. The predicted molar refractivity (Wildman–Crippen MR) is 124 cm³/mol. The molecule has 0 spiro atoms. The summed E-state index contributed by atoms with van der Waals surface area (Å²) in [7, 11) is 0. The number of carboxylic acid groups (broad SMARTS) is 1. The first-order valence-electron chi connectivity index (χ1n) is 10.5. The summed E-state index contributed by atoms with van der Waals surface area (Å²) in [6, 6.07) is 21.4. The predicted octanol–water partition coefficient (Wildman–Crippen LogP) is 5.04. The van der Waals surface area contributed by atoms with Crippen LogP contribution in [0.15, 0.2) is 71.9 Å². The van der Waals surface area contributed by atoms with Crippen LogP contribution in [0.25, 0.3) is 11.0 Å². The number of carbonyl (C=O) groups is 1. The van der Waals surface area contributed by atoms with Crippen LogP contribution < -0.4 is 9.47 Å². The van der Waals surface area contributed by atoms with Crippen LogP contribution in [-0.4, -0.2) is 33.8 Å². The third kappa shape index (κ3) is 4.16. The molecule has 0 atom stereocenters. The first kappa shape index (κ1) is 20.5. The summed E-state index contributed by atoms with van der Waals surface area (Å²) >= 11 is 1.54. The Hall–Kier alpha value is -3.45. The summed E-state index contributed by atoms with van der Waals surface area (Å²) in [6.07, 6.45) is 0.861. The lowest BCUT2D eigenvalue weighted by Crippen LogP contribution is -2.15. The molecule has 1 aliphatic heterocycles. The lowest BCUT2D eigenvalue weighted by molar-refractivity contribution is 0.0696. The van der Waals surface area contributed by atoms with E-state index in [1.165, 1.54) is 5.56 Å². The molecule has 0 bridgehead atoms. The van der Waals surface area contributed by atoms with Crippen LogP contribution in [-0.2, 0) is 18.7 Å². The first-order chi connectivity index (χ1) is 15.7. The lowest BCUT2D eigenvalue weighted by atomic mass is 10.1. The molecule has 32 heavy (non-hydrogen) atoms. The second-order valence-electron chi connectivity index (χ2n) is 7.52. The summed E-state index contributed by atoms with van der Waals surface area (Å²) in [5.74, 6) is 1.05. The van der Waals surface area contributed by atoms with Crippen molar-refractivity contribution in [3.05, 3.63) is 83.4 Å². The number of rotatable bonds is 7. The van der Waals surface area contributed by atoms with Gasteiger partial charge in [-0.1, -0.05) is 60.3 Å². The van der Waals surface area contributed by atoms with Gasteiger partial charge in [0.05, 0.1) is 16.6 Å². The highest BCUT2D eigenvalue weighted by atomic mass is 32.2. The molecule has 1 N–H and O–H groups in total. The van der Waals surface area contributed by atoms with Crippen molar-refractivity contribution in [1.29, 1.82) is 0 Å². The van der Waals surface area contributed by atoms with Crippen molar-refractivity contribution in [2.75, 3.05) is 13.2 Å². The average Bonchev–Trinajstić information content (AvgIpc) is 3.16. The monoisotopic (exact) mass is 446 g/mol. The van der Waals surface area contributed by atoms with Gasteiger partial charge in [-0.05, 0) is 23.6 Å². The van der Waals surface area contributed by atoms with E-state index in [1.54, 1.807) is 23.9 Å². The van der Waals surface area contributed by atoms with E-state index in [9.17, 15) is 9.90 Å². The minimum atomic E-state index is -0.916. The van der Waals surface area contributed by atoms with Gasteiger partial charge in [-0.3, -0.25) is 0 Å². The van der Waals surface area contributed by atoms with E-state index in [0.29, 0.717) is 30.3 Å². The van der Waals surface area contributed by atoms with Gasteiger partial charge in [0.1, 0.15) is 13.2 Å². The Morgan fingerprint density at radius 1 is 1.00 bits per heavy atom. The van der Waals surface area contributed by atoms with Crippen molar-refractivity contribution < 1.29 is 19.4 Å². The molecule has 1 aliphatic rings. The van der Waals surface area contributed by atoms with Crippen molar-refractivity contribution in [2.45, 2.75) is 23.9 Å². The average molecular weight is 447 g/mol. The highest BCUT2D eigenvalue weighted by Gasteiger charge is 2.19. The Bertz CT molecular complexity index is 1270. The Labute approximate surface area is 189 Å². The Kier molecular flexibility index (Phi) is 5.73. The molecule has 1 aromatic heterocycles. The number of aromatic nitrogens is 2. The van der Waals surface area contributed by atoms with Gasteiger partial charge in [0.15, 0.2) is 16.7 Å². The van der Waals surface area contributed by atoms with Gasteiger partial charge in [0.25, 0.3) is 0 Å². The molecule has 0 unspecified atom stereocenters. The summed E-state index contributed by atoms with van der Waals surface area (Å²) in [6.45, 7) is 1.81. The molecule has 5 rings (SSSR count). The fourth-order valence-corrected chi connectivity index (χ4v) is 4.89. The largest absolute Gasteiger partial charge is 0.486 e. The van der Waals surface area contributed by atoms with E-state index in [1.807, 2.05) is 42.5 Å². The normalized spacial score (nSPS) is 12.8. The summed E-state index contributed by atoms with van der Waals surface area (Å²) < 4.78 is 13.7. The van der Waals surface area contributed by atoms with Crippen LogP contribution in [0.3, 0.4) is 0 Å². The van der Waals surface area contributed by atoms with Crippen molar-refractivity contribution in [3.63, 3.8) is 0 Å². The van der Waals surface area contributed by atoms with Crippen LogP contribution >= 0.6 is 11.8 Å². The lowest BCUT2D eigenvalue weighted by Gasteiger charge is -2.18. The zero-order valence-corrected chi connectivity index (χ0v) is 18.2. The molecule has 0 amide bonds. The van der Waals surface area contributed by atoms with Gasteiger partial charge in [-0.25, -0.2) is 9.78 Å². The molecular weight excluding hydrogens is 424 g/mol. The van der Waals surface area contributed by atoms with Crippen molar-refractivity contribution in [2.24, 2.45) is 0 Å². The third-order valence-corrected chi connectivity index (χ3v) is 6.47. The fraction of sp³-hybridized carbons (Fsp3) is 0.200. The minimum absolute atomic E-state index is 0.323. The maximum atomic E-state index is 11.6. The van der Waals surface area contributed by atoms with Gasteiger partial charge in [0, 0.05) is 24.4 Å². The number of aromatic carboxylic acids is 1. The number of hydrogen-bond acceptors (Lipinski definition) is 5. The van der Waals surface area contributed by atoms with Gasteiger partial charge in [-0.15, -0.1) is 0 Å². The number of ether oxygens (including phenoxy) is 2. The topological polar surface area (TPSA) is 73.6 Å². The molecule has 0 aliphatic carbocycles. The quantitative estimate of drug-likeness (QED) is 0.401. The molecule has 7 heteroatoms. The van der Waals surface area contributed by atoms with Gasteiger partial charge >= 0.3 is 5.97 Å². The SMILES string of the molecule is O=C(O)c1ccccc1CSc1nc2cc3c(cc2n1CCc1ccccc1)OCCO3. The molecular formula is C25H22N2O4S. The minimum Gasteiger partial charge on any atom is -0.486 e. The van der Waals surface area contributed by atoms with E-state index < -0.39 is 5.97 Å². The second-order valence-corrected chi connectivity index (χ2v) is 8.46. The zero-order valence-electron chi connectivity index (χ0n) is 17.4. The van der Waals surface area contributed by atoms with E-state index in [4.69, 9.17) is 14.5 Å². The number of aryl methyl sites for hydroxylation is 2. The standard InChI is InChI=1S/C25H22N2O4S/c28-24(29)19-9-5-4-8-18(19)16-32-25-26-20-14-22-23(31-13-12-30-22)15-21(20)27(25)11-10-17-6-2-1-3-7-17/h1-9,14-15H,10-13,16H2,(H,28,29). The number of fused-ring (bicyclic) bond motifs is 2. The Morgan fingerprint density at radius 3 is 2.50 bits per heavy atom. The summed E-state index contributed by atoms with van der Waals surface area (Å²) in [5.41, 5.74) is 4.18. The number of nitrogens with zero attached hydrogens (tertiary/aromatic N) is 2. The Balaban J connectivity index is 1.49. The molecule has 0 saturated carbocycles. The number of thioether (sulfide) groups is 1. The highest BCUT2D eigenvalue weighted by Crippen LogP contribution is 2.37. The number of hydrogen-bond donors (Lipinski definition) is 1. The van der Waals surface area contributed by atoms with Crippen LogP contribution in [0.2, 0.25) is 0 Å². The molecule has 3 aromatic carbocycles. The van der Waals surface area contributed by atoms with Crippen molar-refractivity contribution >= 4 is 28.8 Å². The smallest absolute Gasteiger partial charge is 0.335 e. The number of imidazole rings is 1. The molecule has 0 fully saturated rings. The van der Waals surface area contributed by atoms with E-state index in [-0.39, 0.29) is 0 Å². The Morgan fingerprint density at radius 2 is 1.72 bits per heavy atom. The van der Waals surface area contributed by atoms with E-state index in [0.717, 1.165) is 40.5 Å². The van der Waals surface area contributed by atoms with Gasteiger partial charge in [-0.2, -0.15) is 0 Å². The van der Waals surface area contributed by atoms with Crippen LogP contribution in [0.5, 0.6) is 11.5 Å². The maximum Gasteiger partial charge on any atom is 0.335 e. The molecule has 6 nitrogen and oxygen atoms in total. The fourth-order valence-electron chi connectivity index (χ4n) is 3.85. The van der Waals surface area contributed by atoms with Crippen molar-refractivity contribution in [1.82, 2.24) is 9.55 Å². The van der Waals surface area contributed by atoms with Gasteiger partial charge < -0.3 is 19.1 Å². The second kappa shape index (κ2) is 8.96. The number of benzene rings is 3. The van der Waals surface area contributed by atoms with E-state index >= 15 is 0 Å². The molecule has 0 saturated heterocycles. The first-order valence-corrected chi connectivity index (χ1v) is 11.5. The molecule has 2 heterocycles. The van der Waals surface area contributed by atoms with Crippen molar-refractivity contribution in [3.8, 4) is 11.5 Å². The third-order valence-electron chi connectivity index (χ3n) is 5.45. The zero-order chi connectivity index (χ0) is 21.9. The van der Waals surface area contributed by atoms with Crippen LogP contribution in [0, 0.1) is 0 Å². The molecule has 162 valence electrons. The van der Waals surface area contributed by atoms with E-state index in [2.05, 4.69) is 16.7 Å². The number of carboxylic acids is 1. The summed E-state index contributed by atoms with van der Waals surface area (Å²) in [5, 5.41) is 10.4.